The Balaban J connectivity index is 1.22. The summed E-state index contributed by atoms with van der Waals surface area (Å²) in [4.78, 5) is 9.50. The molecule has 1 aliphatic heterocycles. The minimum atomic E-state index is -3.52. The molecule has 2 heterocycles. The SMILES string of the molecule is COc1ccc(S(=O)(=O)NCCN2CCN(c3nc(Cc4ccc(C)cc4)ns3)CC2)cc1. The lowest BCUT2D eigenvalue weighted by Crippen LogP contribution is -2.48. The van der Waals surface area contributed by atoms with E-state index >= 15 is 0 Å². The summed E-state index contributed by atoms with van der Waals surface area (Å²) in [5.74, 6) is 1.48. The van der Waals surface area contributed by atoms with Crippen molar-refractivity contribution in [2.75, 3.05) is 51.3 Å². The highest BCUT2D eigenvalue weighted by atomic mass is 32.2. The van der Waals surface area contributed by atoms with Crippen molar-refractivity contribution in [3.8, 4) is 5.75 Å². The molecule has 4 rings (SSSR count). The van der Waals surface area contributed by atoms with Gasteiger partial charge in [-0.05, 0) is 36.8 Å². The minimum Gasteiger partial charge on any atom is -0.497 e. The highest BCUT2D eigenvalue weighted by Crippen LogP contribution is 2.21. The predicted octanol–water partition coefficient (Wildman–Crippen LogP) is 2.55. The first-order chi connectivity index (χ1) is 15.9. The van der Waals surface area contributed by atoms with Gasteiger partial charge in [-0.2, -0.15) is 4.37 Å². The van der Waals surface area contributed by atoms with Gasteiger partial charge in [-0.15, -0.1) is 0 Å². The van der Waals surface area contributed by atoms with Crippen molar-refractivity contribution in [1.29, 1.82) is 0 Å². The van der Waals surface area contributed by atoms with Crippen LogP contribution in [0.4, 0.5) is 5.13 Å². The van der Waals surface area contributed by atoms with E-state index in [4.69, 9.17) is 9.72 Å². The first-order valence-electron chi connectivity index (χ1n) is 10.9. The first kappa shape index (κ1) is 23.6. The quantitative estimate of drug-likeness (QED) is 0.496. The van der Waals surface area contributed by atoms with Gasteiger partial charge in [0, 0.05) is 57.2 Å². The minimum absolute atomic E-state index is 0.242. The van der Waals surface area contributed by atoms with Gasteiger partial charge < -0.3 is 9.64 Å². The number of hydrogen-bond donors (Lipinski definition) is 1. The molecule has 0 spiro atoms. The summed E-state index contributed by atoms with van der Waals surface area (Å²) in [6.45, 7) is 6.54. The summed E-state index contributed by atoms with van der Waals surface area (Å²) in [6.07, 6.45) is 0.741. The van der Waals surface area contributed by atoms with Crippen LogP contribution in [-0.4, -0.2) is 69.1 Å². The molecule has 0 radical (unpaired) electrons. The van der Waals surface area contributed by atoms with Crippen LogP contribution in [0, 0.1) is 6.92 Å². The largest absolute Gasteiger partial charge is 0.497 e. The monoisotopic (exact) mass is 487 g/mol. The van der Waals surface area contributed by atoms with E-state index in [1.165, 1.54) is 22.7 Å². The second-order valence-corrected chi connectivity index (χ2v) is 10.6. The third-order valence-electron chi connectivity index (χ3n) is 5.67. The summed E-state index contributed by atoms with van der Waals surface area (Å²) < 4.78 is 37.2. The van der Waals surface area contributed by atoms with Gasteiger partial charge in [0.25, 0.3) is 0 Å². The molecule has 8 nitrogen and oxygen atoms in total. The molecular formula is C23H29N5O3S2. The Hall–Kier alpha value is -2.53. The molecule has 1 aliphatic rings. The maximum absolute atomic E-state index is 12.5. The highest BCUT2D eigenvalue weighted by molar-refractivity contribution is 7.89. The lowest BCUT2D eigenvalue weighted by molar-refractivity contribution is 0.262. The number of methoxy groups -OCH3 is 1. The Morgan fingerprint density at radius 3 is 2.39 bits per heavy atom. The molecule has 3 aromatic rings. The van der Waals surface area contributed by atoms with E-state index in [1.54, 1.807) is 31.4 Å². The van der Waals surface area contributed by atoms with Crippen LogP contribution in [0.15, 0.2) is 53.4 Å². The van der Waals surface area contributed by atoms with Crippen molar-refractivity contribution in [3.63, 3.8) is 0 Å². The second-order valence-electron chi connectivity index (χ2n) is 8.06. The van der Waals surface area contributed by atoms with Gasteiger partial charge in [0.15, 0.2) is 0 Å². The number of nitrogens with zero attached hydrogens (tertiary/aromatic N) is 4. The van der Waals surface area contributed by atoms with Crippen molar-refractivity contribution in [3.05, 3.63) is 65.5 Å². The standard InChI is InChI=1S/C23H29N5O3S2/c1-18-3-5-19(6-4-18)17-22-25-23(32-26-22)28-15-13-27(14-16-28)12-11-24-33(29,30)21-9-7-20(31-2)8-10-21/h3-10,24H,11-17H2,1-2H3. The maximum atomic E-state index is 12.5. The van der Waals surface area contributed by atoms with Crippen LogP contribution in [0.25, 0.3) is 0 Å². The molecule has 1 aromatic heterocycles. The molecule has 2 aromatic carbocycles. The average Bonchev–Trinajstić information content (AvgIpc) is 3.29. The van der Waals surface area contributed by atoms with Crippen molar-refractivity contribution in [2.24, 2.45) is 0 Å². The average molecular weight is 488 g/mol. The first-order valence-corrected chi connectivity index (χ1v) is 13.2. The van der Waals surface area contributed by atoms with E-state index in [0.29, 0.717) is 18.8 Å². The molecule has 0 unspecified atom stereocenters. The highest BCUT2D eigenvalue weighted by Gasteiger charge is 2.21. The number of sulfonamides is 1. The smallest absolute Gasteiger partial charge is 0.240 e. The molecular weight excluding hydrogens is 458 g/mol. The molecule has 1 N–H and O–H groups in total. The fourth-order valence-corrected chi connectivity index (χ4v) is 5.43. The topological polar surface area (TPSA) is 87.7 Å². The van der Waals surface area contributed by atoms with Crippen LogP contribution < -0.4 is 14.4 Å². The fraction of sp³-hybridized carbons (Fsp3) is 0.391. The van der Waals surface area contributed by atoms with Crippen molar-refractivity contribution in [1.82, 2.24) is 19.0 Å². The van der Waals surface area contributed by atoms with E-state index in [1.807, 2.05) is 0 Å². The van der Waals surface area contributed by atoms with Crippen LogP contribution in [0.1, 0.15) is 17.0 Å². The zero-order valence-electron chi connectivity index (χ0n) is 18.9. The summed E-state index contributed by atoms with van der Waals surface area (Å²) in [5.41, 5.74) is 2.46. The van der Waals surface area contributed by atoms with Gasteiger partial charge >= 0.3 is 0 Å². The number of benzene rings is 2. The number of aryl methyl sites for hydroxylation is 1. The Kier molecular flexibility index (Phi) is 7.59. The normalized spacial score (nSPS) is 15.0. The third-order valence-corrected chi connectivity index (χ3v) is 7.96. The lowest BCUT2D eigenvalue weighted by Gasteiger charge is -2.34. The van der Waals surface area contributed by atoms with Gasteiger partial charge in [-0.1, -0.05) is 29.8 Å². The van der Waals surface area contributed by atoms with Crippen molar-refractivity contribution >= 4 is 26.7 Å². The number of ether oxygens (including phenoxy) is 1. The van der Waals surface area contributed by atoms with Crippen LogP contribution in [-0.2, 0) is 16.4 Å². The molecule has 0 bridgehead atoms. The maximum Gasteiger partial charge on any atom is 0.240 e. The number of rotatable bonds is 9. The second kappa shape index (κ2) is 10.6. The van der Waals surface area contributed by atoms with Crippen LogP contribution in [0.3, 0.4) is 0 Å². The van der Waals surface area contributed by atoms with E-state index in [2.05, 4.69) is 50.1 Å². The number of piperazine rings is 1. The summed E-state index contributed by atoms with van der Waals surface area (Å²) >= 11 is 1.45. The number of aromatic nitrogens is 2. The van der Waals surface area contributed by atoms with Crippen molar-refractivity contribution < 1.29 is 13.2 Å². The van der Waals surface area contributed by atoms with Crippen LogP contribution >= 0.6 is 11.5 Å². The number of hydrogen-bond acceptors (Lipinski definition) is 8. The van der Waals surface area contributed by atoms with Gasteiger partial charge in [0.1, 0.15) is 11.6 Å². The van der Waals surface area contributed by atoms with Crippen LogP contribution in [0.2, 0.25) is 0 Å². The van der Waals surface area contributed by atoms with Gasteiger partial charge in [-0.3, -0.25) is 4.90 Å². The summed E-state index contributed by atoms with van der Waals surface area (Å²) in [7, 11) is -1.97. The molecule has 10 heteroatoms. The third kappa shape index (κ3) is 6.29. The number of nitrogens with one attached hydrogen (secondary N) is 1. The van der Waals surface area contributed by atoms with Gasteiger partial charge in [-0.25, -0.2) is 18.1 Å². The van der Waals surface area contributed by atoms with E-state index in [-0.39, 0.29) is 4.90 Å². The van der Waals surface area contributed by atoms with Gasteiger partial charge in [0.05, 0.1) is 12.0 Å². The van der Waals surface area contributed by atoms with Crippen LogP contribution in [0.5, 0.6) is 5.75 Å². The molecule has 0 amide bonds. The number of anilines is 1. The molecule has 176 valence electrons. The Morgan fingerprint density at radius 2 is 1.73 bits per heavy atom. The summed E-state index contributed by atoms with van der Waals surface area (Å²) in [5, 5.41) is 0.956. The zero-order valence-corrected chi connectivity index (χ0v) is 20.5. The van der Waals surface area contributed by atoms with Crippen molar-refractivity contribution in [2.45, 2.75) is 18.2 Å². The Bertz CT molecular complexity index is 1140. The molecule has 33 heavy (non-hydrogen) atoms. The zero-order chi connectivity index (χ0) is 23.3. The lowest BCUT2D eigenvalue weighted by atomic mass is 10.1. The molecule has 0 atom stereocenters. The van der Waals surface area contributed by atoms with Gasteiger partial charge in [0.2, 0.25) is 15.2 Å². The fourth-order valence-electron chi connectivity index (χ4n) is 3.67. The molecule has 1 fully saturated rings. The van der Waals surface area contributed by atoms with E-state index in [9.17, 15) is 8.42 Å². The molecule has 0 aliphatic carbocycles. The summed E-state index contributed by atoms with van der Waals surface area (Å²) in [6, 6.07) is 14.9. The molecule has 0 saturated carbocycles. The Labute approximate surface area is 199 Å². The predicted molar refractivity (Wildman–Crippen MR) is 131 cm³/mol. The molecule has 1 saturated heterocycles. The Morgan fingerprint density at radius 1 is 1.03 bits per heavy atom. The van der Waals surface area contributed by atoms with E-state index in [0.717, 1.165) is 43.6 Å². The van der Waals surface area contributed by atoms with E-state index < -0.39 is 10.0 Å².